The molecule has 5 atom stereocenters. The van der Waals surface area contributed by atoms with E-state index >= 15 is 0 Å². The van der Waals surface area contributed by atoms with Crippen molar-refractivity contribution in [2.45, 2.75) is 85.1 Å². The van der Waals surface area contributed by atoms with E-state index < -0.39 is 0 Å². The molecule has 32 heavy (non-hydrogen) atoms. The van der Waals surface area contributed by atoms with Crippen molar-refractivity contribution in [2.75, 3.05) is 0 Å². The van der Waals surface area contributed by atoms with E-state index in [0.717, 1.165) is 31.3 Å². The third-order valence-corrected chi connectivity index (χ3v) is 8.03. The first-order valence-corrected chi connectivity index (χ1v) is 13.0. The minimum absolute atomic E-state index is 0.472. The van der Waals surface area contributed by atoms with Gasteiger partial charge in [0.25, 0.3) is 0 Å². The molecule has 2 aromatic rings. The van der Waals surface area contributed by atoms with Crippen molar-refractivity contribution in [1.29, 1.82) is 0 Å². The van der Waals surface area contributed by atoms with Crippen LogP contribution in [0.3, 0.4) is 0 Å². The molecule has 2 aliphatic rings. The highest BCUT2D eigenvalue weighted by Gasteiger charge is 2.51. The topological polar surface area (TPSA) is 6.48 Å². The van der Waals surface area contributed by atoms with Crippen LogP contribution in [0.4, 0.5) is 0 Å². The lowest BCUT2D eigenvalue weighted by molar-refractivity contribution is -0.114. The third kappa shape index (κ3) is 4.53. The van der Waals surface area contributed by atoms with Crippen molar-refractivity contribution in [1.82, 2.24) is 9.80 Å². The van der Waals surface area contributed by atoms with Crippen molar-refractivity contribution in [3.63, 3.8) is 0 Å². The van der Waals surface area contributed by atoms with E-state index in [4.69, 9.17) is 0 Å². The van der Waals surface area contributed by atoms with Crippen LogP contribution in [0.5, 0.6) is 0 Å². The van der Waals surface area contributed by atoms with E-state index in [1.165, 1.54) is 36.8 Å². The van der Waals surface area contributed by atoms with Gasteiger partial charge in [-0.1, -0.05) is 101 Å². The largest absolute Gasteiger partial charge is 0.357 e. The Labute approximate surface area is 196 Å². The summed E-state index contributed by atoms with van der Waals surface area (Å²) in [4.78, 5) is 5.60. The molecule has 4 rings (SSSR count). The molecule has 2 heterocycles. The monoisotopic (exact) mass is 430 g/mol. The third-order valence-electron chi connectivity index (χ3n) is 8.03. The summed E-state index contributed by atoms with van der Waals surface area (Å²) in [6.07, 6.45) is 9.36. The Bertz CT molecular complexity index is 859. The molecular weight excluding hydrogens is 388 g/mol. The fraction of sp³-hybridized carbons (Fsp3) is 0.533. The van der Waals surface area contributed by atoms with E-state index in [9.17, 15) is 0 Å². The molecule has 0 aliphatic carbocycles. The molecule has 1 fully saturated rings. The molecule has 2 aliphatic heterocycles. The van der Waals surface area contributed by atoms with Crippen LogP contribution in [-0.2, 0) is 13.1 Å². The van der Waals surface area contributed by atoms with Gasteiger partial charge in [0.1, 0.15) is 0 Å². The SMILES string of the molecule is CCCC1C(CC)C2C(CC)=CN(Cc3ccccc3)C(C1CC)N2Cc1ccccc1. The Kier molecular flexibility index (Phi) is 7.73. The van der Waals surface area contributed by atoms with Gasteiger partial charge in [-0.05, 0) is 53.7 Å². The number of piperidine rings is 1. The maximum atomic E-state index is 2.89. The Hall–Kier alpha value is -2.06. The van der Waals surface area contributed by atoms with Gasteiger partial charge in [-0.2, -0.15) is 0 Å². The molecule has 2 heteroatoms. The van der Waals surface area contributed by atoms with Crippen LogP contribution < -0.4 is 0 Å². The Balaban J connectivity index is 1.79. The summed E-state index contributed by atoms with van der Waals surface area (Å²) in [7, 11) is 0. The zero-order chi connectivity index (χ0) is 22.5. The first kappa shape index (κ1) is 23.1. The Morgan fingerprint density at radius 3 is 1.81 bits per heavy atom. The molecule has 172 valence electrons. The van der Waals surface area contributed by atoms with Crippen LogP contribution in [0, 0.1) is 17.8 Å². The van der Waals surface area contributed by atoms with Gasteiger partial charge in [-0.25, -0.2) is 0 Å². The molecular formula is C30H42N2. The summed E-state index contributed by atoms with van der Waals surface area (Å²) >= 11 is 0. The summed E-state index contributed by atoms with van der Waals surface area (Å²) in [5.74, 6) is 2.27. The Morgan fingerprint density at radius 1 is 0.688 bits per heavy atom. The number of hydrogen-bond donors (Lipinski definition) is 0. The summed E-state index contributed by atoms with van der Waals surface area (Å²) in [6.45, 7) is 11.7. The van der Waals surface area contributed by atoms with Gasteiger partial charge in [-0.3, -0.25) is 4.90 Å². The highest BCUT2D eigenvalue weighted by Crippen LogP contribution is 2.49. The zero-order valence-electron chi connectivity index (χ0n) is 20.6. The van der Waals surface area contributed by atoms with Crippen molar-refractivity contribution < 1.29 is 0 Å². The maximum Gasteiger partial charge on any atom is 0.0857 e. The molecule has 0 radical (unpaired) electrons. The van der Waals surface area contributed by atoms with E-state index in [1.54, 1.807) is 5.57 Å². The molecule has 5 unspecified atom stereocenters. The van der Waals surface area contributed by atoms with E-state index in [1.807, 2.05) is 0 Å². The van der Waals surface area contributed by atoms with Gasteiger partial charge in [0.05, 0.1) is 6.17 Å². The van der Waals surface area contributed by atoms with Crippen LogP contribution in [0.25, 0.3) is 0 Å². The summed E-state index contributed by atoms with van der Waals surface area (Å²) in [5, 5.41) is 0. The predicted octanol–water partition coefficient (Wildman–Crippen LogP) is 7.48. The first-order valence-electron chi connectivity index (χ1n) is 13.0. The van der Waals surface area contributed by atoms with Gasteiger partial charge < -0.3 is 4.90 Å². The van der Waals surface area contributed by atoms with Gasteiger partial charge in [0, 0.05) is 25.3 Å². The van der Waals surface area contributed by atoms with Crippen molar-refractivity contribution >= 4 is 0 Å². The maximum absolute atomic E-state index is 2.89. The second-order valence-electron chi connectivity index (χ2n) is 9.83. The van der Waals surface area contributed by atoms with Crippen LogP contribution in [0.1, 0.15) is 70.9 Å². The van der Waals surface area contributed by atoms with Gasteiger partial charge in [0.15, 0.2) is 0 Å². The Morgan fingerprint density at radius 2 is 1.28 bits per heavy atom. The van der Waals surface area contributed by atoms with Gasteiger partial charge in [-0.15, -0.1) is 0 Å². The van der Waals surface area contributed by atoms with Crippen LogP contribution in [0.15, 0.2) is 72.4 Å². The number of hydrogen-bond acceptors (Lipinski definition) is 2. The molecule has 0 saturated carbocycles. The predicted molar refractivity (Wildman–Crippen MR) is 136 cm³/mol. The minimum Gasteiger partial charge on any atom is -0.357 e. The second kappa shape index (κ2) is 10.7. The molecule has 0 amide bonds. The minimum atomic E-state index is 0.472. The highest BCUT2D eigenvalue weighted by atomic mass is 15.4. The average molecular weight is 431 g/mol. The molecule has 0 aromatic heterocycles. The lowest BCUT2D eigenvalue weighted by atomic mass is 9.64. The average Bonchev–Trinajstić information content (AvgIpc) is 2.83. The van der Waals surface area contributed by atoms with E-state index in [2.05, 4.69) is 104 Å². The van der Waals surface area contributed by atoms with Crippen molar-refractivity contribution in [2.24, 2.45) is 17.8 Å². The summed E-state index contributed by atoms with van der Waals surface area (Å²) in [6, 6.07) is 22.8. The molecule has 2 bridgehead atoms. The van der Waals surface area contributed by atoms with Crippen LogP contribution >= 0.6 is 0 Å². The molecule has 0 N–H and O–H groups in total. The fourth-order valence-electron chi connectivity index (χ4n) is 6.74. The molecule has 2 aromatic carbocycles. The van der Waals surface area contributed by atoms with Crippen molar-refractivity contribution in [3.8, 4) is 0 Å². The smallest absolute Gasteiger partial charge is 0.0857 e. The van der Waals surface area contributed by atoms with Crippen molar-refractivity contribution in [3.05, 3.63) is 83.6 Å². The first-order chi connectivity index (χ1) is 15.7. The quantitative estimate of drug-likeness (QED) is 0.407. The number of benzene rings is 2. The lowest BCUT2D eigenvalue weighted by Gasteiger charge is -2.60. The second-order valence-corrected chi connectivity index (χ2v) is 9.83. The standard InChI is InChI=1S/C30H42N2/c1-5-15-28-26(7-3)29-25(6-2)22-31(20-23-16-11-9-12-17-23)30(27(28)8-4)32(29)21-24-18-13-10-14-19-24/h9-14,16-19,22,26-30H,5-8,15,20-21H2,1-4H3. The van der Waals surface area contributed by atoms with Gasteiger partial charge >= 0.3 is 0 Å². The molecule has 2 nitrogen and oxygen atoms in total. The van der Waals surface area contributed by atoms with Crippen LogP contribution in [0.2, 0.25) is 0 Å². The zero-order valence-corrected chi connectivity index (χ0v) is 20.6. The molecule has 0 spiro atoms. The fourth-order valence-corrected chi connectivity index (χ4v) is 6.74. The van der Waals surface area contributed by atoms with Gasteiger partial charge in [0.2, 0.25) is 0 Å². The molecule has 1 saturated heterocycles. The van der Waals surface area contributed by atoms with E-state index in [-0.39, 0.29) is 0 Å². The normalized spacial score (nSPS) is 27.9. The van der Waals surface area contributed by atoms with E-state index in [0.29, 0.717) is 18.1 Å². The number of nitrogens with zero attached hydrogens (tertiary/aromatic N) is 2. The number of fused-ring (bicyclic) bond motifs is 2. The number of rotatable bonds is 9. The lowest BCUT2D eigenvalue weighted by Crippen LogP contribution is -2.66. The highest BCUT2D eigenvalue weighted by molar-refractivity contribution is 5.25. The summed E-state index contributed by atoms with van der Waals surface area (Å²) < 4.78 is 0. The summed E-state index contributed by atoms with van der Waals surface area (Å²) in [5.41, 5.74) is 4.49. The van der Waals surface area contributed by atoms with Crippen LogP contribution in [-0.4, -0.2) is 22.0 Å².